The zero-order valence-corrected chi connectivity index (χ0v) is 18.3. The first-order valence-electron chi connectivity index (χ1n) is 9.35. The number of aliphatic hydroxyl groups is 1. The molecule has 2 atom stereocenters. The number of rotatable bonds is 12. The molecule has 8 nitrogen and oxygen atoms in total. The van der Waals surface area contributed by atoms with Gasteiger partial charge in [0.25, 0.3) is 0 Å². The number of aliphatic hydroxyl groups excluding tert-OH is 1. The van der Waals surface area contributed by atoms with E-state index in [2.05, 4.69) is 5.32 Å². The summed E-state index contributed by atoms with van der Waals surface area (Å²) < 4.78 is 27.4. The van der Waals surface area contributed by atoms with Gasteiger partial charge in [-0.25, -0.2) is 0 Å². The molecule has 0 bridgehead atoms. The molecule has 9 heteroatoms. The summed E-state index contributed by atoms with van der Waals surface area (Å²) in [6, 6.07) is 0. The van der Waals surface area contributed by atoms with Gasteiger partial charge in [-0.3, -0.25) is 14.3 Å². The van der Waals surface area contributed by atoms with Crippen LogP contribution in [0.2, 0.25) is 0 Å². The Hall–Kier alpha value is -1.29. The Morgan fingerprint density at radius 1 is 1.39 bits per heavy atom. The van der Waals surface area contributed by atoms with Gasteiger partial charge in [0.1, 0.15) is 4.75 Å². The van der Waals surface area contributed by atoms with Crippen LogP contribution < -0.4 is 5.32 Å². The van der Waals surface area contributed by atoms with Crippen LogP contribution in [-0.4, -0.2) is 71.6 Å². The zero-order valence-electron chi connectivity index (χ0n) is 17.5. The highest BCUT2D eigenvalue weighted by atomic mass is 32.2. The maximum absolute atomic E-state index is 12.7. The van der Waals surface area contributed by atoms with Gasteiger partial charge in [-0.05, 0) is 26.2 Å². The van der Waals surface area contributed by atoms with E-state index in [1.54, 1.807) is 13.8 Å². The number of nitrogens with one attached hydrogen (secondary N) is 2. The Morgan fingerprint density at radius 2 is 2.07 bits per heavy atom. The van der Waals surface area contributed by atoms with Crippen molar-refractivity contribution in [2.24, 2.45) is 11.3 Å². The Kier molecular flexibility index (Phi) is 9.76. The second kappa shape index (κ2) is 11.0. The van der Waals surface area contributed by atoms with Crippen molar-refractivity contribution in [3.63, 3.8) is 0 Å². The zero-order chi connectivity index (χ0) is 21.4. The third kappa shape index (κ3) is 7.27. The molecule has 3 N–H and O–H groups in total. The van der Waals surface area contributed by atoms with Crippen molar-refractivity contribution in [1.82, 2.24) is 5.32 Å². The van der Waals surface area contributed by atoms with E-state index in [1.807, 2.05) is 13.8 Å². The summed E-state index contributed by atoms with van der Waals surface area (Å²) in [7, 11) is 0.0212. The molecule has 28 heavy (non-hydrogen) atoms. The molecule has 1 aliphatic heterocycles. The number of hydrogen-bond donors (Lipinski definition) is 3. The van der Waals surface area contributed by atoms with Gasteiger partial charge in [0, 0.05) is 40.4 Å². The van der Waals surface area contributed by atoms with Crippen molar-refractivity contribution in [3.05, 3.63) is 12.0 Å². The van der Waals surface area contributed by atoms with Crippen molar-refractivity contribution in [3.8, 4) is 0 Å². The molecule has 0 aromatic rings. The molecule has 1 heterocycles. The molecule has 0 spiro atoms. The molecule has 0 saturated carbocycles. The highest BCUT2D eigenvalue weighted by Gasteiger charge is 2.37. The molecule has 1 aliphatic rings. The molecular formula is C19H34N2O6S. The largest absolute Gasteiger partial charge is 0.482 e. The lowest BCUT2D eigenvalue weighted by molar-refractivity contribution is -0.122. The van der Waals surface area contributed by atoms with Gasteiger partial charge < -0.3 is 24.7 Å². The van der Waals surface area contributed by atoms with Gasteiger partial charge in [-0.2, -0.15) is 0 Å². The standard InChI is InChI=1S/C19H34N2O6S/c1-18(2,13-27-9-7-22)15(20)10-16(25-5)21-17(23)19(3,4)28(24)12-14-6-8-26-11-14/h10,14,20,22H,6-9,11-13H2,1-5H3,(H,21,23)/b16-10-,20-15?/t14-,28?/m0/s1. The highest BCUT2D eigenvalue weighted by molar-refractivity contribution is 7.87. The Bertz CT molecular complexity index is 597. The van der Waals surface area contributed by atoms with Crippen LogP contribution in [0.4, 0.5) is 0 Å². The van der Waals surface area contributed by atoms with Crippen molar-refractivity contribution < 1.29 is 28.3 Å². The van der Waals surface area contributed by atoms with Crippen LogP contribution in [0.1, 0.15) is 34.1 Å². The number of carbonyl (C=O) groups excluding carboxylic acids is 1. The number of amides is 1. The smallest absolute Gasteiger partial charge is 0.244 e. The van der Waals surface area contributed by atoms with Gasteiger partial charge >= 0.3 is 0 Å². The summed E-state index contributed by atoms with van der Waals surface area (Å²) in [5.74, 6) is 0.301. The normalized spacial score (nSPS) is 19.4. The monoisotopic (exact) mass is 418 g/mol. The minimum absolute atomic E-state index is 0.0855. The molecule has 162 valence electrons. The van der Waals surface area contributed by atoms with Crippen LogP contribution in [-0.2, 0) is 29.8 Å². The number of allylic oxidation sites excluding steroid dienone is 1. The van der Waals surface area contributed by atoms with E-state index in [4.69, 9.17) is 24.7 Å². The number of carbonyl (C=O) groups is 1. The Morgan fingerprint density at radius 3 is 2.61 bits per heavy atom. The lowest BCUT2D eigenvalue weighted by Crippen LogP contribution is -2.47. The van der Waals surface area contributed by atoms with Crippen LogP contribution in [0, 0.1) is 16.7 Å². The minimum atomic E-state index is -1.38. The van der Waals surface area contributed by atoms with E-state index in [-0.39, 0.29) is 37.3 Å². The third-order valence-corrected chi connectivity index (χ3v) is 6.78. The lowest BCUT2D eigenvalue weighted by Gasteiger charge is -2.26. The Labute approximate surface area is 170 Å². The fraction of sp³-hybridized carbons (Fsp3) is 0.789. The summed E-state index contributed by atoms with van der Waals surface area (Å²) >= 11 is 0. The van der Waals surface area contributed by atoms with E-state index in [9.17, 15) is 9.00 Å². The summed E-state index contributed by atoms with van der Waals surface area (Å²) in [5.41, 5.74) is -0.436. The maximum atomic E-state index is 12.7. The van der Waals surface area contributed by atoms with Crippen molar-refractivity contribution in [1.29, 1.82) is 5.41 Å². The first kappa shape index (κ1) is 24.7. The summed E-state index contributed by atoms with van der Waals surface area (Å²) in [4.78, 5) is 12.7. The van der Waals surface area contributed by atoms with E-state index in [1.165, 1.54) is 13.2 Å². The highest BCUT2D eigenvalue weighted by Crippen LogP contribution is 2.22. The fourth-order valence-electron chi connectivity index (χ4n) is 2.45. The van der Waals surface area contributed by atoms with E-state index < -0.39 is 26.9 Å². The van der Waals surface area contributed by atoms with Gasteiger partial charge in [-0.1, -0.05) is 13.8 Å². The van der Waals surface area contributed by atoms with Gasteiger partial charge in [0.05, 0.1) is 33.5 Å². The SMILES string of the molecule is CO/C(=C\C(=N)C(C)(C)COCCO)NC(=O)C(C)(C)S(=O)C[C@H]1CCOC1. The topological polar surface area (TPSA) is 118 Å². The van der Waals surface area contributed by atoms with Crippen LogP contribution in [0.15, 0.2) is 12.0 Å². The number of methoxy groups -OCH3 is 1. The predicted molar refractivity (Wildman–Crippen MR) is 109 cm³/mol. The molecule has 0 aromatic carbocycles. The van der Waals surface area contributed by atoms with Gasteiger partial charge in [0.2, 0.25) is 5.91 Å². The van der Waals surface area contributed by atoms with Crippen molar-refractivity contribution in [2.75, 3.05) is 45.9 Å². The maximum Gasteiger partial charge on any atom is 0.244 e. The van der Waals surface area contributed by atoms with Crippen LogP contribution in [0.25, 0.3) is 0 Å². The first-order chi connectivity index (χ1) is 13.0. The van der Waals surface area contributed by atoms with Gasteiger partial charge in [0.15, 0.2) is 5.88 Å². The van der Waals surface area contributed by atoms with Gasteiger partial charge in [-0.15, -0.1) is 0 Å². The van der Waals surface area contributed by atoms with E-state index >= 15 is 0 Å². The van der Waals surface area contributed by atoms with Crippen LogP contribution in [0.3, 0.4) is 0 Å². The third-order valence-electron chi connectivity index (χ3n) is 4.69. The second-order valence-corrected chi connectivity index (χ2v) is 10.0. The molecule has 0 aliphatic carbocycles. The number of hydrogen-bond acceptors (Lipinski definition) is 7. The van der Waals surface area contributed by atoms with Crippen molar-refractivity contribution in [2.45, 2.75) is 38.9 Å². The molecule has 1 fully saturated rings. The molecule has 0 aromatic heterocycles. The molecule has 1 saturated heterocycles. The minimum Gasteiger partial charge on any atom is -0.482 e. The second-order valence-electron chi connectivity index (χ2n) is 7.99. The predicted octanol–water partition coefficient (Wildman–Crippen LogP) is 1.21. The van der Waals surface area contributed by atoms with Crippen LogP contribution in [0.5, 0.6) is 0 Å². The molecular weight excluding hydrogens is 384 g/mol. The van der Waals surface area contributed by atoms with Crippen molar-refractivity contribution >= 4 is 22.4 Å². The van der Waals surface area contributed by atoms with E-state index in [0.29, 0.717) is 19.0 Å². The fourth-order valence-corrected chi connectivity index (χ4v) is 3.81. The molecule has 1 amide bonds. The molecule has 1 rings (SSSR count). The average molecular weight is 419 g/mol. The summed E-state index contributed by atoms with van der Waals surface area (Å²) in [5, 5.41) is 19.7. The summed E-state index contributed by atoms with van der Waals surface area (Å²) in [6.07, 6.45) is 2.28. The first-order valence-corrected chi connectivity index (χ1v) is 10.7. The Balaban J connectivity index is 2.75. The van der Waals surface area contributed by atoms with Crippen LogP contribution >= 0.6 is 0 Å². The molecule has 1 unspecified atom stereocenters. The quantitative estimate of drug-likeness (QED) is 0.249. The molecule has 0 radical (unpaired) electrons. The summed E-state index contributed by atoms with van der Waals surface area (Å²) in [6.45, 7) is 8.52. The number of ether oxygens (including phenoxy) is 3. The van der Waals surface area contributed by atoms with E-state index in [0.717, 1.165) is 6.42 Å². The average Bonchev–Trinajstić information content (AvgIpc) is 3.13. The lowest BCUT2D eigenvalue weighted by atomic mass is 9.88.